The van der Waals surface area contributed by atoms with Crippen molar-refractivity contribution >= 4 is 46.9 Å². The van der Waals surface area contributed by atoms with Gasteiger partial charge in [0.25, 0.3) is 0 Å². The number of benzene rings is 11. The third-order valence-corrected chi connectivity index (χ3v) is 30.5. The van der Waals surface area contributed by atoms with Gasteiger partial charge in [-0.25, -0.2) is 19.2 Å². The summed E-state index contributed by atoms with van der Waals surface area (Å²) < 4.78 is 26.5. The quantitative estimate of drug-likeness (QED) is 0.0370. The number of nitrogens with zero attached hydrogens (tertiary/aromatic N) is 9. The number of carbonyl (C=O) groups excluding carboxylic acids is 4. The smallest absolute Gasteiger partial charge is 0.321 e. The number of anilines is 4. The van der Waals surface area contributed by atoms with Crippen LogP contribution in [0.25, 0.3) is 0 Å². The molecule has 1 aliphatic carbocycles. The molecule has 8 heterocycles. The number of hydrogen-bond donors (Lipinski definition) is 8. The molecule has 20 rings (SSSR count). The third kappa shape index (κ3) is 26.1. The summed E-state index contributed by atoms with van der Waals surface area (Å²) in [6.07, 6.45) is 10.1. The molecule has 8 saturated heterocycles. The molecule has 26 nitrogen and oxygen atoms in total. The molecule has 774 valence electrons. The van der Waals surface area contributed by atoms with E-state index < -0.39 is 5.54 Å². The predicted octanol–water partition coefficient (Wildman–Crippen LogP) is 17.5. The summed E-state index contributed by atoms with van der Waals surface area (Å²) in [6, 6.07) is 92.5. The fraction of sp³-hybridized carbons (Fsp3) is 0.363. The Hall–Kier alpha value is -14.9. The second kappa shape index (κ2) is 51.8. The molecule has 0 bridgehead atoms. The molecule has 0 spiro atoms. The minimum absolute atomic E-state index is 0.0139. The van der Waals surface area contributed by atoms with Gasteiger partial charge >= 0.3 is 24.1 Å². The molecule has 8 amide bonds. The van der Waals surface area contributed by atoms with E-state index in [1.165, 1.54) is 24.0 Å². The lowest BCUT2D eigenvalue weighted by molar-refractivity contribution is -0.153. The van der Waals surface area contributed by atoms with E-state index in [9.17, 15) is 44.9 Å². The summed E-state index contributed by atoms with van der Waals surface area (Å²) in [5, 5.41) is 63.0. The number of rotatable bonds is 18. The van der Waals surface area contributed by atoms with Crippen molar-refractivity contribution in [1.29, 1.82) is 5.26 Å². The Morgan fingerprint density at radius 1 is 0.333 bits per heavy atom. The van der Waals surface area contributed by atoms with Gasteiger partial charge in [-0.05, 0) is 295 Å². The van der Waals surface area contributed by atoms with Crippen LogP contribution in [0, 0.1) is 64.6 Å². The second-order valence-corrected chi connectivity index (χ2v) is 39.6. The van der Waals surface area contributed by atoms with Crippen molar-refractivity contribution in [3.8, 4) is 76.4 Å². The zero-order chi connectivity index (χ0) is 104. The van der Waals surface area contributed by atoms with Gasteiger partial charge in [0, 0.05) is 193 Å². The number of fused-ring (bicyclic) bond motifs is 4. The van der Waals surface area contributed by atoms with Crippen molar-refractivity contribution in [2.24, 2.45) is 5.92 Å². The number of methoxy groups -OCH3 is 5. The SMILES string of the molecule is COC[C@@H]1[C@H](c2ccc(C#Cc3ccccc3)cc2)[C@@H]2CN(C(=O)Nc3ccc(OC)cc3)CCCCN12.COc1ccc(NC(=O)N2CCCCN3[C@H](CO)[C@H](c4ccc(C#CC5CC5)cc4)[C@@H]3C2)cc1.COc1ccc(NC(=O)N2CCCCN3[C@H](CO)[C@H](c4ccc(C#Cc5ccccc5)cc4)[C@]3(CO)C2)cc1.COc1ccc(NC(=O)N2CCCCN3[C@H](CO)[C@H](c4ccc(C#Cc5ccccc5C#N)cc4)[C@@H]3C2)cc1. The predicted molar refractivity (Wildman–Crippen MR) is 586 cm³/mol. The zero-order valence-corrected chi connectivity index (χ0v) is 86.1. The second-order valence-electron chi connectivity index (χ2n) is 39.6. The van der Waals surface area contributed by atoms with Crippen molar-refractivity contribution < 1.29 is 63.3 Å². The lowest BCUT2D eigenvalue weighted by Gasteiger charge is -2.65. The maximum Gasteiger partial charge on any atom is 0.321 e. The lowest BCUT2D eigenvalue weighted by Crippen LogP contribution is -2.78. The number of aliphatic hydroxyl groups is 4. The monoisotopic (exact) mass is 2010 g/mol. The number of hydrogen-bond acceptors (Lipinski definition) is 18. The van der Waals surface area contributed by atoms with Gasteiger partial charge in [0.1, 0.15) is 29.1 Å². The first-order valence-electron chi connectivity index (χ1n) is 52.3. The standard InChI is InChI=1S/C32H32N4O3.C32H35N3O4.C32H35N3O3.C28H33N3O3/c1-39-28-16-14-27(15-17-28)34-32(38)35-18-4-5-19-36-29(21-35)31(30(36)22-37)25-12-9-23(10-13-25)8-11-24-6-2-3-7-26(24)20-33;1-39-28-17-15-27(16-18-28)33-31(38)34-19-5-6-20-35-29(21-36)30(32(35,22-34)23-37)26-13-11-25(12-14-26)10-9-24-7-3-2-4-8-24;1-37-23-30-31(26-14-12-25(13-15-26)11-10-24-8-4-3-5-9-24)29-22-34(20-6-7-21-35(29)30)32(36)33-27-16-18-28(38-2)19-17-27;1-34-24-14-12-23(13-15-24)29-28(33)30-16-2-3-17-31-25(18-30)27(26(31)19-32)22-10-8-21(9-11-22)7-6-20-4-5-20/h2-3,6-7,9-10,12-17,29-31,37H,4-5,18-19,21-22H2,1H3,(H,34,38);2-4,7-8,11-18,29-30,36-37H,5-6,19-23H2,1H3,(H,33,38);3-5,8-9,12-19,29-31H,6-7,20-23H2,1-2H3,(H,33,36);8-15,20,25-27,32H,2-5,16-19H2,1H3,(H,29,33)/t29-,30+,31+;29-,30+,32-;29-,30+,31+;25-,26+,27+/m0100/s1. The topological polar surface area (TPSA) is 293 Å². The van der Waals surface area contributed by atoms with Gasteiger partial charge < -0.3 is 85.0 Å². The van der Waals surface area contributed by atoms with E-state index in [0.717, 1.165) is 175 Å². The molecular weight excluding hydrogens is 1880 g/mol. The average Bonchev–Trinajstić information content (AvgIpc) is 0.718. The van der Waals surface area contributed by atoms with Crippen LogP contribution in [-0.2, 0) is 4.74 Å². The Kier molecular flexibility index (Phi) is 36.7. The van der Waals surface area contributed by atoms with Crippen molar-refractivity contribution in [1.82, 2.24) is 39.2 Å². The van der Waals surface area contributed by atoms with E-state index in [1.807, 2.05) is 227 Å². The molecule has 150 heavy (non-hydrogen) atoms. The number of amides is 8. The highest BCUT2D eigenvalue weighted by Crippen LogP contribution is 2.52. The Morgan fingerprint density at radius 2 is 0.640 bits per heavy atom. The highest BCUT2D eigenvalue weighted by Gasteiger charge is 2.61. The number of nitrogens with one attached hydrogen (secondary N) is 4. The maximum atomic E-state index is 13.4. The third-order valence-electron chi connectivity index (χ3n) is 30.5. The molecule has 0 aromatic heterocycles. The van der Waals surface area contributed by atoms with Gasteiger partial charge in [-0.3, -0.25) is 19.6 Å². The Balaban J connectivity index is 0.000000136. The minimum Gasteiger partial charge on any atom is -0.497 e. The fourth-order valence-electron chi connectivity index (χ4n) is 22.4. The molecular formula is C124H135N13O13. The highest BCUT2D eigenvalue weighted by atomic mass is 16.5. The van der Waals surface area contributed by atoms with Gasteiger partial charge in [-0.1, -0.05) is 144 Å². The normalized spacial score (nSPS) is 22.2. The number of carbonyl (C=O) groups is 4. The minimum atomic E-state index is -0.678. The summed E-state index contributed by atoms with van der Waals surface area (Å²) in [5.74, 6) is 29.8. The van der Waals surface area contributed by atoms with E-state index in [4.69, 9.17) is 23.7 Å². The van der Waals surface area contributed by atoms with Crippen molar-refractivity contribution in [3.05, 3.63) is 346 Å². The number of urea groups is 4. The van der Waals surface area contributed by atoms with Gasteiger partial charge in [0.15, 0.2) is 0 Å². The molecule has 11 aromatic carbocycles. The van der Waals surface area contributed by atoms with Gasteiger partial charge in [0.2, 0.25) is 0 Å². The van der Waals surface area contributed by atoms with Crippen LogP contribution < -0.4 is 40.2 Å². The molecule has 8 aliphatic heterocycles. The van der Waals surface area contributed by atoms with Crippen molar-refractivity contribution in [3.63, 3.8) is 0 Å². The van der Waals surface area contributed by atoms with Crippen LogP contribution in [0.4, 0.5) is 41.9 Å². The van der Waals surface area contributed by atoms with Crippen LogP contribution in [0.5, 0.6) is 23.0 Å². The van der Waals surface area contributed by atoms with Crippen molar-refractivity contribution in [2.75, 3.05) is 168 Å². The molecule has 9 fully saturated rings. The van der Waals surface area contributed by atoms with E-state index in [1.54, 1.807) is 46.5 Å². The molecule has 11 aromatic rings. The van der Waals surface area contributed by atoms with Gasteiger partial charge in [0.05, 0.1) is 72.6 Å². The molecule has 26 heteroatoms. The fourth-order valence-corrected chi connectivity index (χ4v) is 22.4. The summed E-state index contributed by atoms with van der Waals surface area (Å²) in [7, 11) is 8.26. The summed E-state index contributed by atoms with van der Waals surface area (Å²) in [5.41, 5.74) is 13.9. The zero-order valence-electron chi connectivity index (χ0n) is 86.1. The van der Waals surface area contributed by atoms with Crippen LogP contribution in [0.15, 0.2) is 279 Å². The number of ether oxygens (including phenoxy) is 5. The van der Waals surface area contributed by atoms with E-state index in [2.05, 4.69) is 155 Å². The van der Waals surface area contributed by atoms with Crippen LogP contribution in [-0.4, -0.2) is 279 Å². The van der Waals surface area contributed by atoms with Crippen LogP contribution in [0.2, 0.25) is 0 Å². The first kappa shape index (κ1) is 106. The van der Waals surface area contributed by atoms with E-state index in [-0.39, 0.29) is 105 Å². The van der Waals surface area contributed by atoms with E-state index >= 15 is 0 Å². The van der Waals surface area contributed by atoms with Crippen LogP contribution in [0.1, 0.15) is 155 Å². The maximum absolute atomic E-state index is 13.4. The Labute approximate surface area is 881 Å². The molecule has 0 unspecified atom stereocenters. The molecule has 12 atom stereocenters. The van der Waals surface area contributed by atoms with Crippen LogP contribution >= 0.6 is 0 Å². The summed E-state index contributed by atoms with van der Waals surface area (Å²) >= 11 is 0. The van der Waals surface area contributed by atoms with Gasteiger partial charge in [-0.2, -0.15) is 5.26 Å². The molecule has 9 aliphatic rings. The first-order valence-corrected chi connectivity index (χ1v) is 52.3. The first-order chi connectivity index (χ1) is 73.5. The Morgan fingerprint density at radius 3 is 0.987 bits per heavy atom. The Bertz CT molecular complexity index is 6640. The largest absolute Gasteiger partial charge is 0.497 e. The lowest BCUT2D eigenvalue weighted by atomic mass is 9.64. The number of nitriles is 1. The average molecular weight is 2020 g/mol. The number of aliphatic hydroxyl groups excluding tert-OH is 4. The molecule has 8 N–H and O–H groups in total. The van der Waals surface area contributed by atoms with Crippen molar-refractivity contribution in [2.45, 2.75) is 136 Å². The summed E-state index contributed by atoms with van der Waals surface area (Å²) in [6.45, 7) is 9.50. The summed E-state index contributed by atoms with van der Waals surface area (Å²) in [4.78, 5) is 70.1. The van der Waals surface area contributed by atoms with Gasteiger partial charge in [-0.15, -0.1) is 0 Å². The molecule has 0 radical (unpaired) electrons. The molecule has 1 saturated carbocycles. The highest BCUT2D eigenvalue weighted by molar-refractivity contribution is 5.92. The van der Waals surface area contributed by atoms with E-state index in [0.29, 0.717) is 80.6 Å². The van der Waals surface area contributed by atoms with Crippen LogP contribution in [0.3, 0.4) is 0 Å².